The van der Waals surface area contributed by atoms with Crippen molar-refractivity contribution in [3.63, 3.8) is 0 Å². The number of ether oxygens (including phenoxy) is 1. The summed E-state index contributed by atoms with van der Waals surface area (Å²) in [4.78, 5) is 16.0. The fourth-order valence-corrected chi connectivity index (χ4v) is 4.28. The van der Waals surface area contributed by atoms with Crippen LogP contribution in [0.1, 0.15) is 35.3 Å². The molecule has 4 rings (SSSR count). The maximum absolute atomic E-state index is 11.9. The molecule has 0 N–H and O–H groups in total. The zero-order valence-corrected chi connectivity index (χ0v) is 18.9. The van der Waals surface area contributed by atoms with Crippen molar-refractivity contribution in [3.8, 4) is 17.1 Å². The number of carbonyl (C=O) groups excluding carboxylic acids is 1. The second-order valence-corrected chi connectivity index (χ2v) is 8.16. The van der Waals surface area contributed by atoms with Crippen molar-refractivity contribution in [2.45, 2.75) is 31.3 Å². The number of thioether (sulfide) groups is 1. The maximum Gasteiger partial charge on any atom is 0.192 e. The van der Waals surface area contributed by atoms with Gasteiger partial charge >= 0.3 is 0 Å². The number of rotatable bonds is 9. The molecule has 0 bridgehead atoms. The van der Waals surface area contributed by atoms with E-state index >= 15 is 0 Å². The molecule has 0 aliphatic heterocycles. The topological polar surface area (TPSA) is 69.9 Å². The Kier molecular flexibility index (Phi) is 6.97. The van der Waals surface area contributed by atoms with E-state index in [2.05, 4.69) is 31.9 Å². The molecule has 4 aromatic rings. The molecule has 0 atom stereocenters. The quantitative estimate of drug-likeness (QED) is 0.258. The number of benzene rings is 2. The number of carbonyl (C=O) groups is 1. The molecule has 2 aromatic heterocycles. The van der Waals surface area contributed by atoms with Crippen LogP contribution in [0.15, 0.2) is 78.2 Å². The van der Waals surface area contributed by atoms with Crippen molar-refractivity contribution in [1.29, 1.82) is 0 Å². The fraction of sp³-hybridized carbons (Fsp3) is 0.200. The highest BCUT2D eigenvalue weighted by molar-refractivity contribution is 7.98. The predicted octanol–water partition coefficient (Wildman–Crippen LogP) is 5.28. The minimum atomic E-state index is 0.0338. The third-order valence-corrected chi connectivity index (χ3v) is 5.98. The molecule has 2 heterocycles. The van der Waals surface area contributed by atoms with Gasteiger partial charge in [-0.25, -0.2) is 0 Å². The first kappa shape index (κ1) is 21.8. The number of ketones is 1. The predicted molar refractivity (Wildman–Crippen MR) is 126 cm³/mol. The second-order valence-electron chi connectivity index (χ2n) is 7.21. The molecule has 32 heavy (non-hydrogen) atoms. The highest BCUT2D eigenvalue weighted by Crippen LogP contribution is 2.31. The molecule has 6 nitrogen and oxygen atoms in total. The summed E-state index contributed by atoms with van der Waals surface area (Å²) >= 11 is 1.58. The summed E-state index contributed by atoms with van der Waals surface area (Å²) in [6.45, 7) is 4.74. The van der Waals surface area contributed by atoms with Gasteiger partial charge in [-0.15, -0.1) is 10.2 Å². The summed E-state index contributed by atoms with van der Waals surface area (Å²) in [5.74, 6) is 2.22. The standard InChI is InChI=1S/C25H24N4O2S/c1-3-31-23-10-9-21(18(2)30)15-22(23)17-32-25-28-27-24(20-11-13-26-14-12-20)29(25)16-19-7-5-4-6-8-19/h4-15H,3,16-17H2,1-2H3. The van der Waals surface area contributed by atoms with Crippen LogP contribution in [0.5, 0.6) is 5.75 Å². The summed E-state index contributed by atoms with van der Waals surface area (Å²) in [7, 11) is 0. The van der Waals surface area contributed by atoms with Crippen molar-refractivity contribution < 1.29 is 9.53 Å². The van der Waals surface area contributed by atoms with Crippen LogP contribution < -0.4 is 4.74 Å². The Bertz CT molecular complexity index is 1190. The van der Waals surface area contributed by atoms with E-state index in [1.54, 1.807) is 37.1 Å². The smallest absolute Gasteiger partial charge is 0.192 e. The summed E-state index contributed by atoms with van der Waals surface area (Å²) in [6.07, 6.45) is 3.51. The van der Waals surface area contributed by atoms with Crippen molar-refractivity contribution in [2.75, 3.05) is 6.61 Å². The highest BCUT2D eigenvalue weighted by atomic mass is 32.2. The minimum absolute atomic E-state index is 0.0338. The van der Waals surface area contributed by atoms with Gasteiger partial charge in [0.2, 0.25) is 0 Å². The first-order chi connectivity index (χ1) is 15.7. The monoisotopic (exact) mass is 444 g/mol. The van der Waals surface area contributed by atoms with Gasteiger partial charge in [0.25, 0.3) is 0 Å². The van der Waals surface area contributed by atoms with Gasteiger partial charge in [0, 0.05) is 34.8 Å². The Morgan fingerprint density at radius 1 is 1.03 bits per heavy atom. The van der Waals surface area contributed by atoms with Gasteiger partial charge in [0.05, 0.1) is 13.2 Å². The Morgan fingerprint density at radius 3 is 2.53 bits per heavy atom. The third kappa shape index (κ3) is 5.06. The normalized spacial score (nSPS) is 10.8. The van der Waals surface area contributed by atoms with Gasteiger partial charge in [-0.3, -0.25) is 14.3 Å². The van der Waals surface area contributed by atoms with Crippen molar-refractivity contribution in [2.24, 2.45) is 0 Å². The average Bonchev–Trinajstić information content (AvgIpc) is 3.22. The molecule has 2 aromatic carbocycles. The van der Waals surface area contributed by atoms with Gasteiger partial charge in [-0.2, -0.15) is 0 Å². The van der Waals surface area contributed by atoms with Gasteiger partial charge in [0.1, 0.15) is 5.75 Å². The van der Waals surface area contributed by atoms with Crippen LogP contribution in [0, 0.1) is 0 Å². The van der Waals surface area contributed by atoms with Crippen molar-refractivity contribution in [3.05, 3.63) is 89.7 Å². The molecular formula is C25H24N4O2S. The lowest BCUT2D eigenvalue weighted by atomic mass is 10.1. The van der Waals surface area contributed by atoms with Crippen LogP contribution in [0.4, 0.5) is 0 Å². The number of Topliss-reactive ketones (excluding diaryl/α,β-unsaturated/α-hetero) is 1. The van der Waals surface area contributed by atoms with Crippen LogP contribution in [-0.4, -0.2) is 32.1 Å². The second kappa shape index (κ2) is 10.2. The van der Waals surface area contributed by atoms with Crippen molar-refractivity contribution >= 4 is 17.5 Å². The number of hydrogen-bond acceptors (Lipinski definition) is 6. The molecule has 0 saturated heterocycles. The molecular weight excluding hydrogens is 420 g/mol. The summed E-state index contributed by atoms with van der Waals surface area (Å²) in [6, 6.07) is 19.7. The van der Waals surface area contributed by atoms with Crippen LogP contribution in [-0.2, 0) is 12.3 Å². The Labute approximate surface area is 191 Å². The van der Waals surface area contributed by atoms with E-state index in [-0.39, 0.29) is 5.78 Å². The first-order valence-electron chi connectivity index (χ1n) is 10.4. The molecule has 0 saturated carbocycles. The van der Waals surface area contributed by atoms with E-state index < -0.39 is 0 Å². The molecule has 162 valence electrons. The van der Waals surface area contributed by atoms with Crippen LogP contribution in [0.2, 0.25) is 0 Å². The SMILES string of the molecule is CCOc1ccc(C(C)=O)cc1CSc1nnc(-c2ccncc2)n1Cc1ccccc1. The van der Waals surface area contributed by atoms with E-state index in [0.29, 0.717) is 24.5 Å². The Hall–Kier alpha value is -3.45. The largest absolute Gasteiger partial charge is 0.494 e. The van der Waals surface area contributed by atoms with Gasteiger partial charge in [-0.1, -0.05) is 42.1 Å². The minimum Gasteiger partial charge on any atom is -0.494 e. The summed E-state index contributed by atoms with van der Waals surface area (Å²) in [5.41, 5.74) is 3.76. The molecule has 0 spiro atoms. The lowest BCUT2D eigenvalue weighted by Crippen LogP contribution is -2.05. The Morgan fingerprint density at radius 2 is 1.81 bits per heavy atom. The lowest BCUT2D eigenvalue weighted by Gasteiger charge is -2.13. The van der Waals surface area contributed by atoms with E-state index in [0.717, 1.165) is 33.4 Å². The zero-order chi connectivity index (χ0) is 22.3. The van der Waals surface area contributed by atoms with Crippen LogP contribution in [0.3, 0.4) is 0 Å². The number of nitrogens with zero attached hydrogens (tertiary/aromatic N) is 4. The van der Waals surface area contributed by atoms with E-state index in [4.69, 9.17) is 4.74 Å². The van der Waals surface area contributed by atoms with Gasteiger partial charge in [0.15, 0.2) is 16.8 Å². The molecule has 0 fully saturated rings. The van der Waals surface area contributed by atoms with Crippen LogP contribution in [0.25, 0.3) is 11.4 Å². The van der Waals surface area contributed by atoms with Crippen LogP contribution >= 0.6 is 11.8 Å². The number of hydrogen-bond donors (Lipinski definition) is 0. The molecule has 0 amide bonds. The maximum atomic E-state index is 11.9. The molecule has 0 unspecified atom stereocenters. The van der Waals surface area contributed by atoms with Gasteiger partial charge < -0.3 is 4.74 Å². The zero-order valence-electron chi connectivity index (χ0n) is 18.1. The Balaban J connectivity index is 1.66. The van der Waals surface area contributed by atoms with E-state index in [1.165, 1.54) is 0 Å². The number of pyridine rings is 1. The lowest BCUT2D eigenvalue weighted by molar-refractivity contribution is 0.101. The molecule has 0 aliphatic rings. The summed E-state index contributed by atoms with van der Waals surface area (Å²) in [5, 5.41) is 9.77. The van der Waals surface area contributed by atoms with Crippen molar-refractivity contribution in [1.82, 2.24) is 19.7 Å². The molecule has 0 aliphatic carbocycles. The molecule has 7 heteroatoms. The van der Waals surface area contributed by atoms with Gasteiger partial charge in [-0.05, 0) is 49.7 Å². The molecule has 0 radical (unpaired) electrons. The average molecular weight is 445 g/mol. The number of aromatic nitrogens is 4. The third-order valence-electron chi connectivity index (χ3n) is 4.96. The first-order valence-corrected chi connectivity index (χ1v) is 11.4. The highest BCUT2D eigenvalue weighted by Gasteiger charge is 2.16. The van der Waals surface area contributed by atoms with E-state index in [1.807, 2.05) is 49.4 Å². The summed E-state index contributed by atoms with van der Waals surface area (Å²) < 4.78 is 7.90. The van der Waals surface area contributed by atoms with E-state index in [9.17, 15) is 4.79 Å². The fourth-order valence-electron chi connectivity index (χ4n) is 3.37.